The highest BCUT2D eigenvalue weighted by atomic mass is 19.1. The first kappa shape index (κ1) is 16.3. The highest BCUT2D eigenvalue weighted by Crippen LogP contribution is 2.25. The third-order valence-corrected chi connectivity index (χ3v) is 4.21. The molecule has 5 heteroatoms. The number of hydrogen-bond donors (Lipinski definition) is 2. The first-order valence-corrected chi connectivity index (χ1v) is 7.59. The molecule has 1 aromatic rings. The second-order valence-corrected chi connectivity index (χ2v) is 5.69. The zero-order chi connectivity index (χ0) is 15.2. The predicted octanol–water partition coefficient (Wildman–Crippen LogP) is 2.63. The van der Waals surface area contributed by atoms with E-state index in [1.54, 1.807) is 0 Å². The van der Waals surface area contributed by atoms with Crippen LogP contribution in [0.15, 0.2) is 18.2 Å². The van der Waals surface area contributed by atoms with E-state index in [-0.39, 0.29) is 18.7 Å². The van der Waals surface area contributed by atoms with E-state index in [9.17, 15) is 19.0 Å². The maximum absolute atomic E-state index is 13.7. The fourth-order valence-corrected chi connectivity index (χ4v) is 3.09. The number of rotatable bonds is 6. The van der Waals surface area contributed by atoms with Gasteiger partial charge in [0.15, 0.2) is 0 Å². The first-order valence-electron chi connectivity index (χ1n) is 7.59. The third-order valence-electron chi connectivity index (χ3n) is 4.21. The summed E-state index contributed by atoms with van der Waals surface area (Å²) in [6, 6.07) is 3.55. The molecule has 1 aliphatic carbocycles. The maximum Gasteiger partial charge on any atom is 0.131 e. The van der Waals surface area contributed by atoms with Crippen molar-refractivity contribution in [3.8, 4) is 0 Å². The molecule has 0 saturated heterocycles. The van der Waals surface area contributed by atoms with Crippen LogP contribution in [0.3, 0.4) is 0 Å². The van der Waals surface area contributed by atoms with Gasteiger partial charge in [-0.2, -0.15) is 0 Å². The molecule has 1 saturated carbocycles. The molecule has 2 N–H and O–H groups in total. The van der Waals surface area contributed by atoms with Crippen LogP contribution in [0.5, 0.6) is 0 Å². The molecule has 0 spiro atoms. The summed E-state index contributed by atoms with van der Waals surface area (Å²) in [7, 11) is 0. The van der Waals surface area contributed by atoms with Gasteiger partial charge in [-0.15, -0.1) is 0 Å². The molecule has 0 heterocycles. The first-order chi connectivity index (χ1) is 10.1. The van der Waals surface area contributed by atoms with Crippen LogP contribution in [0.2, 0.25) is 0 Å². The van der Waals surface area contributed by atoms with Crippen LogP contribution in [0.4, 0.5) is 8.78 Å². The minimum absolute atomic E-state index is 0.00905. The van der Waals surface area contributed by atoms with Gasteiger partial charge in [0.2, 0.25) is 0 Å². The fourth-order valence-electron chi connectivity index (χ4n) is 3.09. The van der Waals surface area contributed by atoms with Crippen LogP contribution in [0.1, 0.15) is 43.8 Å². The molecule has 0 amide bonds. The summed E-state index contributed by atoms with van der Waals surface area (Å²) in [4.78, 5) is 2.02. The molecule has 3 nitrogen and oxygen atoms in total. The van der Waals surface area contributed by atoms with Crippen molar-refractivity contribution in [1.82, 2.24) is 4.90 Å². The van der Waals surface area contributed by atoms with E-state index in [1.165, 1.54) is 12.5 Å². The van der Waals surface area contributed by atoms with Gasteiger partial charge in [-0.25, -0.2) is 8.78 Å². The molecule has 118 valence electrons. The van der Waals surface area contributed by atoms with Gasteiger partial charge >= 0.3 is 0 Å². The van der Waals surface area contributed by atoms with Gasteiger partial charge in [0.1, 0.15) is 11.6 Å². The third kappa shape index (κ3) is 4.46. The standard InChI is InChI=1S/C16H23F2NO2/c17-12-6-7-14(15(18)10-12)16(21)11-19(8-9-20)13-4-2-1-3-5-13/h6-7,10,13,16,20-21H,1-5,8-9,11H2. The number of hydrogen-bond acceptors (Lipinski definition) is 3. The Kier molecular flexibility index (Phi) is 6.08. The summed E-state index contributed by atoms with van der Waals surface area (Å²) < 4.78 is 26.6. The molecule has 1 fully saturated rings. The molecule has 0 bridgehead atoms. The Morgan fingerprint density at radius 2 is 1.90 bits per heavy atom. The summed E-state index contributed by atoms with van der Waals surface area (Å²) in [6.45, 7) is 0.730. The van der Waals surface area contributed by atoms with Crippen LogP contribution < -0.4 is 0 Å². The topological polar surface area (TPSA) is 43.7 Å². The lowest BCUT2D eigenvalue weighted by Crippen LogP contribution is -2.41. The van der Waals surface area contributed by atoms with E-state index in [0.29, 0.717) is 12.6 Å². The van der Waals surface area contributed by atoms with Gasteiger partial charge < -0.3 is 10.2 Å². The van der Waals surface area contributed by atoms with Crippen LogP contribution in [-0.2, 0) is 0 Å². The largest absolute Gasteiger partial charge is 0.395 e. The number of aliphatic hydroxyl groups is 2. The Bertz CT molecular complexity index is 450. The van der Waals surface area contributed by atoms with Crippen molar-refractivity contribution in [3.05, 3.63) is 35.4 Å². The average Bonchev–Trinajstić information content (AvgIpc) is 2.47. The molecule has 21 heavy (non-hydrogen) atoms. The van der Waals surface area contributed by atoms with E-state index < -0.39 is 17.7 Å². The van der Waals surface area contributed by atoms with Crippen molar-refractivity contribution in [2.24, 2.45) is 0 Å². The second-order valence-electron chi connectivity index (χ2n) is 5.69. The Hall–Kier alpha value is -1.04. The molecule has 0 aromatic heterocycles. The van der Waals surface area contributed by atoms with E-state index >= 15 is 0 Å². The Balaban J connectivity index is 2.04. The van der Waals surface area contributed by atoms with Gasteiger partial charge in [0, 0.05) is 30.8 Å². The molecule has 0 radical (unpaired) electrons. The molecule has 2 rings (SSSR count). The molecule has 1 unspecified atom stereocenters. The fraction of sp³-hybridized carbons (Fsp3) is 0.625. The number of benzene rings is 1. The number of nitrogens with zero attached hydrogens (tertiary/aromatic N) is 1. The zero-order valence-electron chi connectivity index (χ0n) is 12.1. The molecular formula is C16H23F2NO2. The normalized spacial score (nSPS) is 18.1. The van der Waals surface area contributed by atoms with Crippen LogP contribution in [0.25, 0.3) is 0 Å². The predicted molar refractivity (Wildman–Crippen MR) is 76.8 cm³/mol. The van der Waals surface area contributed by atoms with Gasteiger partial charge in [-0.05, 0) is 18.9 Å². The lowest BCUT2D eigenvalue weighted by Gasteiger charge is -2.35. The van der Waals surface area contributed by atoms with Gasteiger partial charge in [-0.1, -0.05) is 25.3 Å². The summed E-state index contributed by atoms with van der Waals surface area (Å²) in [6.07, 6.45) is 4.58. The van der Waals surface area contributed by atoms with Crippen molar-refractivity contribution >= 4 is 0 Å². The minimum Gasteiger partial charge on any atom is -0.395 e. The van der Waals surface area contributed by atoms with Gasteiger partial charge in [0.05, 0.1) is 12.7 Å². The summed E-state index contributed by atoms with van der Waals surface area (Å²) >= 11 is 0. The molecule has 1 aromatic carbocycles. The zero-order valence-corrected chi connectivity index (χ0v) is 12.1. The summed E-state index contributed by atoms with van der Waals surface area (Å²) in [5.41, 5.74) is 0.107. The highest BCUT2D eigenvalue weighted by Gasteiger charge is 2.24. The van der Waals surface area contributed by atoms with E-state index in [4.69, 9.17) is 0 Å². The van der Waals surface area contributed by atoms with E-state index in [1.807, 2.05) is 4.90 Å². The lowest BCUT2D eigenvalue weighted by molar-refractivity contribution is 0.0584. The van der Waals surface area contributed by atoms with E-state index in [2.05, 4.69) is 0 Å². The average molecular weight is 299 g/mol. The Labute approximate surface area is 124 Å². The SMILES string of the molecule is OCCN(CC(O)c1ccc(F)cc1F)C1CCCCC1. The maximum atomic E-state index is 13.7. The van der Waals surface area contributed by atoms with E-state index in [0.717, 1.165) is 37.8 Å². The van der Waals surface area contributed by atoms with Crippen LogP contribution in [-0.4, -0.2) is 40.9 Å². The van der Waals surface area contributed by atoms with Gasteiger partial charge in [-0.3, -0.25) is 4.90 Å². The lowest BCUT2D eigenvalue weighted by atomic mass is 9.93. The van der Waals surface area contributed by atoms with Crippen molar-refractivity contribution in [1.29, 1.82) is 0 Å². The van der Waals surface area contributed by atoms with Crippen molar-refractivity contribution in [2.75, 3.05) is 19.7 Å². The molecule has 0 aliphatic heterocycles. The molecule has 1 atom stereocenters. The molecular weight excluding hydrogens is 276 g/mol. The summed E-state index contributed by atoms with van der Waals surface area (Å²) in [5.74, 6) is -1.38. The summed E-state index contributed by atoms with van der Waals surface area (Å²) in [5, 5.41) is 19.4. The van der Waals surface area contributed by atoms with Crippen LogP contribution >= 0.6 is 0 Å². The number of aliphatic hydroxyl groups excluding tert-OH is 2. The highest BCUT2D eigenvalue weighted by molar-refractivity contribution is 5.21. The quantitative estimate of drug-likeness (QED) is 0.848. The van der Waals surface area contributed by atoms with Gasteiger partial charge in [0.25, 0.3) is 0 Å². The second kappa shape index (κ2) is 7.82. The monoisotopic (exact) mass is 299 g/mol. The minimum atomic E-state index is -1.01. The van der Waals surface area contributed by atoms with Crippen LogP contribution in [0, 0.1) is 11.6 Å². The Morgan fingerprint density at radius 1 is 1.19 bits per heavy atom. The Morgan fingerprint density at radius 3 is 2.52 bits per heavy atom. The van der Waals surface area contributed by atoms with Crippen molar-refractivity contribution < 1.29 is 19.0 Å². The van der Waals surface area contributed by atoms with Crippen molar-refractivity contribution in [3.63, 3.8) is 0 Å². The number of halogens is 2. The molecule has 1 aliphatic rings. The van der Waals surface area contributed by atoms with Crippen molar-refractivity contribution in [2.45, 2.75) is 44.2 Å². The smallest absolute Gasteiger partial charge is 0.131 e.